The van der Waals surface area contributed by atoms with Gasteiger partial charge in [0.15, 0.2) is 0 Å². The van der Waals surface area contributed by atoms with Crippen molar-refractivity contribution >= 4 is 50.4 Å². The fourth-order valence-electron chi connectivity index (χ4n) is 1.93. The van der Waals surface area contributed by atoms with Crippen molar-refractivity contribution in [3.05, 3.63) is 64.6 Å². The van der Waals surface area contributed by atoms with Gasteiger partial charge in [0.25, 0.3) is 0 Å². The number of nitrogens with zero attached hydrogens (tertiary/aromatic N) is 3. The highest BCUT2D eigenvalue weighted by Crippen LogP contribution is 2.25. The van der Waals surface area contributed by atoms with Crippen LogP contribution in [0.4, 0.5) is 5.13 Å². The van der Waals surface area contributed by atoms with Gasteiger partial charge in [-0.05, 0) is 17.7 Å². The molecular formula is C17H12BrN5O2S. The Kier molecular flexibility index (Phi) is 5.82. The van der Waals surface area contributed by atoms with Gasteiger partial charge in [0.1, 0.15) is 5.01 Å². The van der Waals surface area contributed by atoms with Crippen molar-refractivity contribution in [3.63, 3.8) is 0 Å². The maximum atomic E-state index is 11.9. The number of halogens is 1. The second-order valence-electron chi connectivity index (χ2n) is 4.99. The van der Waals surface area contributed by atoms with E-state index in [9.17, 15) is 9.59 Å². The molecule has 26 heavy (non-hydrogen) atoms. The van der Waals surface area contributed by atoms with E-state index in [1.807, 2.05) is 54.6 Å². The van der Waals surface area contributed by atoms with Gasteiger partial charge >= 0.3 is 11.8 Å². The van der Waals surface area contributed by atoms with Gasteiger partial charge in [-0.2, -0.15) is 5.10 Å². The quantitative estimate of drug-likeness (QED) is 0.378. The number of carbonyl (C=O) groups is 2. The normalized spacial score (nSPS) is 10.7. The fourth-order valence-corrected chi connectivity index (χ4v) is 3.09. The minimum atomic E-state index is -0.896. The molecular weight excluding hydrogens is 418 g/mol. The second-order valence-corrected chi connectivity index (χ2v) is 6.88. The van der Waals surface area contributed by atoms with Crippen molar-refractivity contribution in [2.45, 2.75) is 0 Å². The number of benzene rings is 2. The van der Waals surface area contributed by atoms with Gasteiger partial charge in [0, 0.05) is 10.0 Å². The van der Waals surface area contributed by atoms with Gasteiger partial charge in [0.05, 0.1) is 6.21 Å². The summed E-state index contributed by atoms with van der Waals surface area (Å²) in [5.74, 6) is -1.76. The first-order valence-electron chi connectivity index (χ1n) is 7.41. The molecule has 3 rings (SSSR count). The zero-order valence-electron chi connectivity index (χ0n) is 13.2. The molecule has 0 aliphatic heterocycles. The van der Waals surface area contributed by atoms with Crippen molar-refractivity contribution < 1.29 is 9.59 Å². The minimum Gasteiger partial charge on any atom is -0.292 e. The number of amides is 2. The Balaban J connectivity index is 1.56. The lowest BCUT2D eigenvalue weighted by Crippen LogP contribution is -2.32. The number of aromatic nitrogens is 2. The third-order valence-corrected chi connectivity index (χ3v) is 4.48. The molecule has 2 aromatic carbocycles. The maximum absolute atomic E-state index is 11.9. The molecule has 0 saturated heterocycles. The first-order chi connectivity index (χ1) is 12.6. The van der Waals surface area contributed by atoms with Crippen LogP contribution in [0.1, 0.15) is 5.56 Å². The summed E-state index contributed by atoms with van der Waals surface area (Å²) in [6, 6.07) is 16.8. The summed E-state index contributed by atoms with van der Waals surface area (Å²) in [7, 11) is 0. The van der Waals surface area contributed by atoms with Gasteiger partial charge in [-0.15, -0.1) is 10.2 Å². The molecule has 3 aromatic rings. The van der Waals surface area contributed by atoms with Crippen LogP contribution in [0.5, 0.6) is 0 Å². The number of hydrogen-bond acceptors (Lipinski definition) is 6. The van der Waals surface area contributed by atoms with Crippen LogP contribution in [-0.2, 0) is 9.59 Å². The summed E-state index contributed by atoms with van der Waals surface area (Å²) < 4.78 is 0.885. The van der Waals surface area contributed by atoms with E-state index in [4.69, 9.17) is 0 Å². The third kappa shape index (κ3) is 4.80. The van der Waals surface area contributed by atoms with Crippen molar-refractivity contribution in [2.24, 2.45) is 5.10 Å². The predicted molar refractivity (Wildman–Crippen MR) is 104 cm³/mol. The summed E-state index contributed by atoms with van der Waals surface area (Å²) >= 11 is 4.51. The lowest BCUT2D eigenvalue weighted by Gasteiger charge is -1.99. The summed E-state index contributed by atoms with van der Waals surface area (Å²) in [5.41, 5.74) is 3.83. The number of hydrazone groups is 1. The van der Waals surface area contributed by atoms with Crippen LogP contribution in [0.25, 0.3) is 10.6 Å². The van der Waals surface area contributed by atoms with Gasteiger partial charge in [0.2, 0.25) is 5.13 Å². The van der Waals surface area contributed by atoms with E-state index in [1.54, 1.807) is 0 Å². The molecule has 0 fully saturated rings. The topological polar surface area (TPSA) is 96.3 Å². The van der Waals surface area contributed by atoms with Crippen LogP contribution in [0.3, 0.4) is 0 Å². The molecule has 0 aliphatic carbocycles. The molecule has 1 aromatic heterocycles. The third-order valence-electron chi connectivity index (χ3n) is 3.10. The van der Waals surface area contributed by atoms with Crippen molar-refractivity contribution in [1.29, 1.82) is 0 Å². The van der Waals surface area contributed by atoms with Gasteiger partial charge in [-0.3, -0.25) is 14.9 Å². The molecule has 0 aliphatic rings. The summed E-state index contributed by atoms with van der Waals surface area (Å²) in [5, 5.41) is 14.9. The van der Waals surface area contributed by atoms with E-state index in [-0.39, 0.29) is 5.13 Å². The van der Waals surface area contributed by atoms with Crippen LogP contribution in [0.15, 0.2) is 64.2 Å². The van der Waals surface area contributed by atoms with E-state index in [0.717, 1.165) is 15.6 Å². The Labute approximate surface area is 161 Å². The van der Waals surface area contributed by atoms with Crippen LogP contribution in [0, 0.1) is 0 Å². The summed E-state index contributed by atoms with van der Waals surface area (Å²) in [6.07, 6.45) is 1.44. The lowest BCUT2D eigenvalue weighted by atomic mass is 10.2. The average Bonchev–Trinajstić information content (AvgIpc) is 3.11. The SMILES string of the molecule is O=C(N/N=C\c1cccc(Br)c1)C(=O)Nc1nnc(-c2ccccc2)s1. The zero-order chi connectivity index (χ0) is 18.4. The maximum Gasteiger partial charge on any atom is 0.329 e. The fraction of sp³-hybridized carbons (Fsp3) is 0. The number of nitrogens with one attached hydrogen (secondary N) is 2. The zero-order valence-corrected chi connectivity index (χ0v) is 15.6. The summed E-state index contributed by atoms with van der Waals surface area (Å²) in [4.78, 5) is 23.7. The van der Waals surface area contributed by atoms with E-state index in [1.165, 1.54) is 17.6 Å². The molecule has 0 unspecified atom stereocenters. The molecule has 0 saturated carbocycles. The highest BCUT2D eigenvalue weighted by molar-refractivity contribution is 9.10. The molecule has 2 N–H and O–H groups in total. The highest BCUT2D eigenvalue weighted by Gasteiger charge is 2.16. The van der Waals surface area contributed by atoms with E-state index >= 15 is 0 Å². The monoisotopic (exact) mass is 429 g/mol. The Hall–Kier alpha value is -2.91. The predicted octanol–water partition coefficient (Wildman–Crippen LogP) is 3.06. The van der Waals surface area contributed by atoms with Crippen LogP contribution >= 0.6 is 27.3 Å². The smallest absolute Gasteiger partial charge is 0.292 e. The van der Waals surface area contributed by atoms with E-state index in [2.05, 4.69) is 42.0 Å². The standard InChI is InChI=1S/C17H12BrN5O2S/c18-13-8-4-5-11(9-13)10-19-21-15(25)14(24)20-17-23-22-16(26-17)12-6-2-1-3-7-12/h1-10H,(H,21,25)(H,20,23,24)/b19-10-. The molecule has 0 radical (unpaired) electrons. The molecule has 1 heterocycles. The first kappa shape index (κ1) is 17.9. The van der Waals surface area contributed by atoms with Gasteiger partial charge in [-0.25, -0.2) is 5.43 Å². The molecule has 0 spiro atoms. The largest absolute Gasteiger partial charge is 0.329 e. The van der Waals surface area contributed by atoms with Crippen molar-refractivity contribution in [3.8, 4) is 10.6 Å². The molecule has 0 atom stereocenters. The van der Waals surface area contributed by atoms with Crippen molar-refractivity contribution in [1.82, 2.24) is 15.6 Å². The van der Waals surface area contributed by atoms with Gasteiger partial charge in [-0.1, -0.05) is 69.7 Å². The number of carbonyl (C=O) groups excluding carboxylic acids is 2. The Morgan fingerprint density at radius 1 is 1.04 bits per heavy atom. The Morgan fingerprint density at radius 3 is 2.62 bits per heavy atom. The molecule has 130 valence electrons. The van der Waals surface area contributed by atoms with Crippen LogP contribution < -0.4 is 10.7 Å². The number of anilines is 1. The minimum absolute atomic E-state index is 0.236. The molecule has 2 amide bonds. The lowest BCUT2D eigenvalue weighted by molar-refractivity contribution is -0.136. The van der Waals surface area contributed by atoms with E-state index in [0.29, 0.717) is 5.01 Å². The Bertz CT molecular complexity index is 959. The van der Waals surface area contributed by atoms with Crippen molar-refractivity contribution in [2.75, 3.05) is 5.32 Å². The number of hydrogen-bond donors (Lipinski definition) is 2. The molecule has 7 nitrogen and oxygen atoms in total. The molecule has 0 bridgehead atoms. The summed E-state index contributed by atoms with van der Waals surface area (Å²) in [6.45, 7) is 0. The van der Waals surface area contributed by atoms with Crippen LogP contribution in [-0.4, -0.2) is 28.2 Å². The Morgan fingerprint density at radius 2 is 1.85 bits per heavy atom. The van der Waals surface area contributed by atoms with Crippen LogP contribution in [0.2, 0.25) is 0 Å². The molecule has 9 heteroatoms. The average molecular weight is 430 g/mol. The van der Waals surface area contributed by atoms with E-state index < -0.39 is 11.8 Å². The first-order valence-corrected chi connectivity index (χ1v) is 9.01. The second kappa shape index (κ2) is 8.45. The number of rotatable bonds is 4. The van der Waals surface area contributed by atoms with Gasteiger partial charge < -0.3 is 0 Å². The highest BCUT2D eigenvalue weighted by atomic mass is 79.9.